The third-order valence-corrected chi connectivity index (χ3v) is 3.73. The minimum Gasteiger partial charge on any atom is -0.324 e. The van der Waals surface area contributed by atoms with Crippen molar-refractivity contribution < 1.29 is 0 Å². The van der Waals surface area contributed by atoms with Crippen molar-refractivity contribution >= 4 is 10.8 Å². The summed E-state index contributed by atoms with van der Waals surface area (Å²) in [6.07, 6.45) is 2.60. The second kappa shape index (κ2) is 3.60. The van der Waals surface area contributed by atoms with E-state index >= 15 is 0 Å². The fraction of sp³-hybridized carbons (Fsp3) is 0.333. The lowest BCUT2D eigenvalue weighted by Gasteiger charge is -2.15. The molecule has 82 valence electrons. The molecule has 0 aliphatic heterocycles. The zero-order valence-corrected chi connectivity index (χ0v) is 9.61. The second-order valence-electron chi connectivity index (χ2n) is 4.86. The zero-order valence-electron chi connectivity index (χ0n) is 9.61. The number of hydrogen-bond acceptors (Lipinski definition) is 1. The van der Waals surface area contributed by atoms with Crippen molar-refractivity contribution in [3.8, 4) is 0 Å². The second-order valence-corrected chi connectivity index (χ2v) is 4.86. The van der Waals surface area contributed by atoms with E-state index in [0.29, 0.717) is 0 Å². The molecular formula is C15H17N. The molecular weight excluding hydrogens is 194 g/mol. The van der Waals surface area contributed by atoms with Gasteiger partial charge in [0.2, 0.25) is 0 Å². The van der Waals surface area contributed by atoms with Gasteiger partial charge in [-0.3, -0.25) is 0 Å². The van der Waals surface area contributed by atoms with Crippen molar-refractivity contribution in [2.24, 2.45) is 11.7 Å². The van der Waals surface area contributed by atoms with Gasteiger partial charge in [-0.1, -0.05) is 36.4 Å². The van der Waals surface area contributed by atoms with Gasteiger partial charge in [-0.05, 0) is 47.6 Å². The maximum atomic E-state index is 6.29. The lowest BCUT2D eigenvalue weighted by atomic mass is 9.94. The van der Waals surface area contributed by atoms with Gasteiger partial charge < -0.3 is 5.73 Å². The van der Waals surface area contributed by atoms with E-state index in [1.807, 2.05) is 0 Å². The maximum Gasteiger partial charge on any atom is 0.0326 e. The Morgan fingerprint density at radius 3 is 2.62 bits per heavy atom. The van der Waals surface area contributed by atoms with E-state index in [0.717, 1.165) is 5.92 Å². The van der Waals surface area contributed by atoms with Crippen LogP contribution in [-0.4, -0.2) is 0 Å². The highest BCUT2D eigenvalue weighted by Crippen LogP contribution is 2.41. The average molecular weight is 211 g/mol. The smallest absolute Gasteiger partial charge is 0.0326 e. The Morgan fingerprint density at radius 2 is 1.88 bits per heavy atom. The largest absolute Gasteiger partial charge is 0.324 e. The number of rotatable bonds is 2. The van der Waals surface area contributed by atoms with Crippen molar-refractivity contribution in [3.63, 3.8) is 0 Å². The number of nitrogens with two attached hydrogens (primary N) is 1. The van der Waals surface area contributed by atoms with Gasteiger partial charge in [0.1, 0.15) is 0 Å². The summed E-state index contributed by atoms with van der Waals surface area (Å²) < 4.78 is 0. The van der Waals surface area contributed by atoms with E-state index in [1.54, 1.807) is 0 Å². The highest BCUT2D eigenvalue weighted by atomic mass is 14.7. The summed E-state index contributed by atoms with van der Waals surface area (Å²) in [5, 5.41) is 2.66. The molecule has 0 heterocycles. The molecule has 0 saturated heterocycles. The fourth-order valence-electron chi connectivity index (χ4n) is 2.51. The molecule has 0 amide bonds. The summed E-state index contributed by atoms with van der Waals surface area (Å²) in [5.41, 5.74) is 8.99. The fourth-order valence-corrected chi connectivity index (χ4v) is 2.51. The molecule has 0 unspecified atom stereocenters. The summed E-state index contributed by atoms with van der Waals surface area (Å²) in [7, 11) is 0. The van der Waals surface area contributed by atoms with Gasteiger partial charge in [0, 0.05) is 6.04 Å². The highest BCUT2D eigenvalue weighted by Gasteiger charge is 2.30. The van der Waals surface area contributed by atoms with E-state index < -0.39 is 0 Å². The number of fused-ring (bicyclic) bond motifs is 1. The van der Waals surface area contributed by atoms with E-state index in [2.05, 4.69) is 43.3 Å². The van der Waals surface area contributed by atoms with Crippen LogP contribution in [0.5, 0.6) is 0 Å². The van der Waals surface area contributed by atoms with Crippen LogP contribution in [0.15, 0.2) is 36.4 Å². The molecule has 0 spiro atoms. The number of aryl methyl sites for hydroxylation is 1. The lowest BCUT2D eigenvalue weighted by Crippen LogP contribution is -2.13. The molecule has 0 aromatic heterocycles. The van der Waals surface area contributed by atoms with Crippen LogP contribution in [0.25, 0.3) is 10.8 Å². The van der Waals surface area contributed by atoms with Crippen LogP contribution in [0.2, 0.25) is 0 Å². The van der Waals surface area contributed by atoms with Gasteiger partial charge in [-0.2, -0.15) is 0 Å². The molecule has 2 aromatic rings. The van der Waals surface area contributed by atoms with E-state index in [-0.39, 0.29) is 6.04 Å². The zero-order chi connectivity index (χ0) is 11.1. The summed E-state index contributed by atoms with van der Waals surface area (Å²) >= 11 is 0. The van der Waals surface area contributed by atoms with Crippen LogP contribution < -0.4 is 5.73 Å². The van der Waals surface area contributed by atoms with Gasteiger partial charge in [-0.25, -0.2) is 0 Å². The predicted octanol–water partition coefficient (Wildman–Crippen LogP) is 3.56. The maximum absolute atomic E-state index is 6.29. The van der Waals surface area contributed by atoms with Crippen molar-refractivity contribution in [1.82, 2.24) is 0 Å². The molecule has 2 aromatic carbocycles. The number of benzene rings is 2. The van der Waals surface area contributed by atoms with Gasteiger partial charge in [-0.15, -0.1) is 0 Å². The van der Waals surface area contributed by atoms with Crippen molar-refractivity contribution in [3.05, 3.63) is 47.5 Å². The van der Waals surface area contributed by atoms with E-state index in [9.17, 15) is 0 Å². The minimum atomic E-state index is 0.240. The van der Waals surface area contributed by atoms with Crippen LogP contribution >= 0.6 is 0 Å². The Hall–Kier alpha value is -1.34. The summed E-state index contributed by atoms with van der Waals surface area (Å²) in [6.45, 7) is 2.19. The molecule has 1 heteroatoms. The minimum absolute atomic E-state index is 0.240. The summed E-state index contributed by atoms with van der Waals surface area (Å²) in [6, 6.07) is 13.2. The van der Waals surface area contributed by atoms with Crippen molar-refractivity contribution in [2.45, 2.75) is 25.8 Å². The van der Waals surface area contributed by atoms with E-state index in [4.69, 9.17) is 5.73 Å². The molecule has 1 aliphatic carbocycles. The molecule has 3 rings (SSSR count). The van der Waals surface area contributed by atoms with Crippen LogP contribution in [0.1, 0.15) is 30.0 Å². The molecule has 16 heavy (non-hydrogen) atoms. The first kappa shape index (κ1) is 9.86. The van der Waals surface area contributed by atoms with Crippen LogP contribution in [0.3, 0.4) is 0 Å². The molecule has 2 N–H and O–H groups in total. The monoisotopic (exact) mass is 211 g/mol. The Bertz CT molecular complexity index is 526. The molecule has 1 nitrogen and oxygen atoms in total. The summed E-state index contributed by atoms with van der Waals surface area (Å²) in [5.74, 6) is 0.722. The molecule has 0 bridgehead atoms. The van der Waals surface area contributed by atoms with Gasteiger partial charge in [0.25, 0.3) is 0 Å². The third-order valence-electron chi connectivity index (χ3n) is 3.73. The Labute approximate surface area is 96.3 Å². The quantitative estimate of drug-likeness (QED) is 0.807. The van der Waals surface area contributed by atoms with Gasteiger partial charge >= 0.3 is 0 Å². The molecule has 1 fully saturated rings. The van der Waals surface area contributed by atoms with Gasteiger partial charge in [0.05, 0.1) is 0 Å². The first-order chi connectivity index (χ1) is 7.77. The van der Waals surface area contributed by atoms with Gasteiger partial charge in [0.15, 0.2) is 0 Å². The Balaban J connectivity index is 2.15. The standard InChI is InChI=1S/C15H17N/c1-10-13-5-3-2-4-11(13)8-9-14(10)15(16)12-6-7-12/h2-5,8-9,12,15H,6-7,16H2,1H3/t15-/m0/s1. The Morgan fingerprint density at radius 1 is 1.12 bits per heavy atom. The van der Waals surface area contributed by atoms with Crippen molar-refractivity contribution in [2.75, 3.05) is 0 Å². The number of hydrogen-bond donors (Lipinski definition) is 1. The molecule has 1 saturated carbocycles. The highest BCUT2D eigenvalue weighted by molar-refractivity contribution is 5.86. The third kappa shape index (κ3) is 1.52. The van der Waals surface area contributed by atoms with Crippen LogP contribution in [-0.2, 0) is 0 Å². The van der Waals surface area contributed by atoms with Crippen molar-refractivity contribution in [1.29, 1.82) is 0 Å². The van der Waals surface area contributed by atoms with Crippen LogP contribution in [0, 0.1) is 12.8 Å². The first-order valence-electron chi connectivity index (χ1n) is 6.01. The summed E-state index contributed by atoms with van der Waals surface area (Å²) in [4.78, 5) is 0. The first-order valence-corrected chi connectivity index (χ1v) is 6.01. The normalized spacial score (nSPS) is 17.6. The Kier molecular flexibility index (Phi) is 2.22. The lowest BCUT2D eigenvalue weighted by molar-refractivity contribution is 0.631. The average Bonchev–Trinajstić information content (AvgIpc) is 3.13. The SMILES string of the molecule is Cc1c([C@@H](N)C2CC2)ccc2ccccc12. The molecule has 1 aliphatic rings. The topological polar surface area (TPSA) is 26.0 Å². The van der Waals surface area contributed by atoms with Crippen LogP contribution in [0.4, 0.5) is 0 Å². The predicted molar refractivity (Wildman–Crippen MR) is 68.3 cm³/mol. The van der Waals surface area contributed by atoms with E-state index in [1.165, 1.54) is 34.7 Å². The molecule has 0 radical (unpaired) electrons. The molecule has 1 atom stereocenters.